The van der Waals surface area contributed by atoms with Crippen molar-refractivity contribution in [3.8, 4) is 0 Å². The third-order valence-corrected chi connectivity index (χ3v) is 3.36. The van der Waals surface area contributed by atoms with Crippen LogP contribution in [-0.2, 0) is 0 Å². The Kier molecular flexibility index (Phi) is 4.17. The molecule has 2 nitrogen and oxygen atoms in total. The van der Waals surface area contributed by atoms with Gasteiger partial charge in [0.2, 0.25) is 0 Å². The van der Waals surface area contributed by atoms with Gasteiger partial charge >= 0.3 is 0 Å². The molecule has 2 aromatic carbocycles. The zero-order valence-corrected chi connectivity index (χ0v) is 12.2. The van der Waals surface area contributed by atoms with Crippen LogP contribution in [0, 0.1) is 0 Å². The number of benzene rings is 2. The fourth-order valence-electron chi connectivity index (χ4n) is 2.00. The first-order valence-corrected chi connectivity index (χ1v) is 6.70. The lowest BCUT2D eigenvalue weighted by molar-refractivity contribution is 0.652. The molecule has 94 valence electrons. The van der Waals surface area contributed by atoms with Crippen LogP contribution in [0.4, 0.5) is 0 Å². The van der Waals surface area contributed by atoms with E-state index < -0.39 is 0 Å². The lowest BCUT2D eigenvalue weighted by Gasteiger charge is -2.13. The molecule has 0 aliphatic rings. The van der Waals surface area contributed by atoms with Crippen molar-refractivity contribution in [3.05, 3.63) is 58.1 Å². The smallest absolute Gasteiger partial charge is 0.0643 e. The number of allylic oxidation sites excluding steroid dienone is 1. The van der Waals surface area contributed by atoms with Gasteiger partial charge in [0, 0.05) is 4.47 Å². The van der Waals surface area contributed by atoms with Crippen molar-refractivity contribution < 1.29 is 0 Å². The van der Waals surface area contributed by atoms with Gasteiger partial charge in [-0.3, -0.25) is 5.84 Å². The topological polar surface area (TPSA) is 38.0 Å². The first kappa shape index (κ1) is 13.3. The predicted molar refractivity (Wildman–Crippen MR) is 81.1 cm³/mol. The summed E-state index contributed by atoms with van der Waals surface area (Å²) in [5.41, 5.74) is 5.26. The zero-order chi connectivity index (χ0) is 13.1. The van der Waals surface area contributed by atoms with Crippen LogP contribution >= 0.6 is 15.9 Å². The second-order valence-electron chi connectivity index (χ2n) is 4.64. The van der Waals surface area contributed by atoms with E-state index in [0.29, 0.717) is 0 Å². The Morgan fingerprint density at radius 3 is 2.50 bits per heavy atom. The van der Waals surface area contributed by atoms with Gasteiger partial charge in [0.25, 0.3) is 0 Å². The molecule has 2 aromatic rings. The van der Waals surface area contributed by atoms with Gasteiger partial charge in [-0.2, -0.15) is 0 Å². The van der Waals surface area contributed by atoms with E-state index in [0.717, 1.165) is 4.47 Å². The van der Waals surface area contributed by atoms with Crippen molar-refractivity contribution in [1.82, 2.24) is 5.43 Å². The van der Waals surface area contributed by atoms with Crippen molar-refractivity contribution in [2.24, 2.45) is 5.84 Å². The normalized spacial score (nSPS) is 12.4. The van der Waals surface area contributed by atoms with E-state index in [-0.39, 0.29) is 6.04 Å². The standard InChI is InChI=1S/C15H17BrN2/c1-10(2)7-15(18-17)13-4-3-12-9-14(16)6-5-11(12)8-13/h3-9,15,18H,17H2,1-2H3. The fraction of sp³-hybridized carbons (Fsp3) is 0.200. The van der Waals surface area contributed by atoms with E-state index in [1.54, 1.807) is 0 Å². The molecule has 3 N–H and O–H groups in total. The highest BCUT2D eigenvalue weighted by atomic mass is 79.9. The number of hydrogen-bond acceptors (Lipinski definition) is 2. The third kappa shape index (κ3) is 2.99. The molecule has 0 bridgehead atoms. The summed E-state index contributed by atoms with van der Waals surface area (Å²) in [6, 6.07) is 12.7. The molecule has 0 spiro atoms. The van der Waals surface area contributed by atoms with Gasteiger partial charge in [-0.15, -0.1) is 0 Å². The molecule has 0 aromatic heterocycles. The molecule has 3 heteroatoms. The number of hydrogen-bond donors (Lipinski definition) is 2. The maximum Gasteiger partial charge on any atom is 0.0643 e. The minimum Gasteiger partial charge on any atom is -0.271 e. The highest BCUT2D eigenvalue weighted by Crippen LogP contribution is 2.24. The van der Waals surface area contributed by atoms with Crippen molar-refractivity contribution >= 4 is 26.7 Å². The van der Waals surface area contributed by atoms with Gasteiger partial charge in [0.15, 0.2) is 0 Å². The summed E-state index contributed by atoms with van der Waals surface area (Å²) >= 11 is 3.48. The maximum absolute atomic E-state index is 5.62. The average molecular weight is 305 g/mol. The molecule has 0 aliphatic heterocycles. The van der Waals surface area contributed by atoms with E-state index in [1.165, 1.54) is 21.9 Å². The van der Waals surface area contributed by atoms with E-state index >= 15 is 0 Å². The van der Waals surface area contributed by atoms with Gasteiger partial charge in [0.05, 0.1) is 6.04 Å². The Morgan fingerprint density at radius 1 is 1.17 bits per heavy atom. The highest BCUT2D eigenvalue weighted by molar-refractivity contribution is 9.10. The molecule has 0 saturated carbocycles. The van der Waals surface area contributed by atoms with Gasteiger partial charge < -0.3 is 0 Å². The molecule has 0 fully saturated rings. The van der Waals surface area contributed by atoms with Crippen LogP contribution < -0.4 is 11.3 Å². The number of fused-ring (bicyclic) bond motifs is 1. The highest BCUT2D eigenvalue weighted by Gasteiger charge is 2.07. The van der Waals surface area contributed by atoms with Crippen molar-refractivity contribution in [2.45, 2.75) is 19.9 Å². The summed E-state index contributed by atoms with van der Waals surface area (Å²) in [4.78, 5) is 0. The minimum absolute atomic E-state index is 0.0584. The van der Waals surface area contributed by atoms with E-state index in [9.17, 15) is 0 Å². The van der Waals surface area contributed by atoms with Crippen molar-refractivity contribution in [3.63, 3.8) is 0 Å². The van der Waals surface area contributed by atoms with Gasteiger partial charge in [0.1, 0.15) is 0 Å². The molecule has 0 amide bonds. The molecule has 0 saturated heterocycles. The number of nitrogens with two attached hydrogens (primary N) is 1. The summed E-state index contributed by atoms with van der Waals surface area (Å²) in [7, 11) is 0. The summed E-state index contributed by atoms with van der Waals surface area (Å²) in [5, 5.41) is 2.44. The molecule has 1 unspecified atom stereocenters. The third-order valence-electron chi connectivity index (χ3n) is 2.87. The van der Waals surface area contributed by atoms with Crippen LogP contribution in [-0.4, -0.2) is 0 Å². The lowest BCUT2D eigenvalue weighted by atomic mass is 10.0. The Bertz CT molecular complexity index is 586. The van der Waals surface area contributed by atoms with E-state index in [1.807, 2.05) is 0 Å². The quantitative estimate of drug-likeness (QED) is 0.509. The Morgan fingerprint density at radius 2 is 1.83 bits per heavy atom. The Hall–Kier alpha value is -1.16. The van der Waals surface area contributed by atoms with Gasteiger partial charge in [-0.1, -0.05) is 45.8 Å². The van der Waals surface area contributed by atoms with Crippen LogP contribution in [0.2, 0.25) is 0 Å². The fourth-order valence-corrected chi connectivity index (χ4v) is 2.38. The SMILES string of the molecule is CC(C)=CC(NN)c1ccc2cc(Br)ccc2c1. The van der Waals surface area contributed by atoms with Gasteiger partial charge in [-0.25, -0.2) is 5.43 Å². The van der Waals surface area contributed by atoms with Crippen LogP contribution in [0.25, 0.3) is 10.8 Å². The van der Waals surface area contributed by atoms with Gasteiger partial charge in [-0.05, 0) is 48.4 Å². The van der Waals surface area contributed by atoms with Crippen LogP contribution in [0.1, 0.15) is 25.5 Å². The lowest BCUT2D eigenvalue weighted by Crippen LogP contribution is -2.26. The molecule has 1 atom stereocenters. The number of hydrazine groups is 1. The van der Waals surface area contributed by atoms with Crippen molar-refractivity contribution in [2.75, 3.05) is 0 Å². The van der Waals surface area contributed by atoms with Crippen LogP contribution in [0.5, 0.6) is 0 Å². The maximum atomic E-state index is 5.62. The predicted octanol–water partition coefficient (Wildman–Crippen LogP) is 4.07. The Labute approximate surface area is 116 Å². The zero-order valence-electron chi connectivity index (χ0n) is 10.6. The summed E-state index contributed by atoms with van der Waals surface area (Å²) in [6.07, 6.45) is 2.13. The Balaban J connectivity index is 2.46. The first-order valence-electron chi connectivity index (χ1n) is 5.90. The van der Waals surface area contributed by atoms with Crippen LogP contribution in [0.15, 0.2) is 52.5 Å². The second-order valence-corrected chi connectivity index (χ2v) is 5.55. The largest absolute Gasteiger partial charge is 0.271 e. The number of halogens is 1. The van der Waals surface area contributed by atoms with E-state index in [4.69, 9.17) is 5.84 Å². The first-order chi connectivity index (χ1) is 8.60. The van der Waals surface area contributed by atoms with Crippen molar-refractivity contribution in [1.29, 1.82) is 0 Å². The number of rotatable bonds is 3. The molecule has 0 radical (unpaired) electrons. The molecule has 0 heterocycles. The monoisotopic (exact) mass is 304 g/mol. The molecule has 0 aliphatic carbocycles. The molecular weight excluding hydrogens is 288 g/mol. The minimum atomic E-state index is 0.0584. The van der Waals surface area contributed by atoms with E-state index in [2.05, 4.69) is 77.7 Å². The second kappa shape index (κ2) is 5.65. The number of nitrogens with one attached hydrogen (secondary N) is 1. The summed E-state index contributed by atoms with van der Waals surface area (Å²) in [6.45, 7) is 4.14. The molecule has 18 heavy (non-hydrogen) atoms. The molecular formula is C15H17BrN2. The molecule has 2 rings (SSSR count). The summed E-state index contributed by atoms with van der Waals surface area (Å²) < 4.78 is 1.10. The van der Waals surface area contributed by atoms with Crippen LogP contribution in [0.3, 0.4) is 0 Å². The summed E-state index contributed by atoms with van der Waals surface area (Å²) in [5.74, 6) is 5.62. The average Bonchev–Trinajstić information content (AvgIpc) is 2.35.